The van der Waals surface area contributed by atoms with E-state index in [1.165, 1.54) is 0 Å². The summed E-state index contributed by atoms with van der Waals surface area (Å²) >= 11 is 5.61. The second kappa shape index (κ2) is 7.90. The minimum absolute atomic E-state index is 0.171. The zero-order valence-corrected chi connectivity index (χ0v) is 18.8. The van der Waals surface area contributed by atoms with Gasteiger partial charge in [0.25, 0.3) is 5.56 Å². The van der Waals surface area contributed by atoms with Gasteiger partial charge in [0.1, 0.15) is 0 Å². The molecule has 0 aliphatic carbocycles. The van der Waals surface area contributed by atoms with E-state index in [-0.39, 0.29) is 12.4 Å². The number of hydrogen-bond acceptors (Lipinski definition) is 6. The average Bonchev–Trinajstić information content (AvgIpc) is 3.27. The van der Waals surface area contributed by atoms with Gasteiger partial charge in [-0.1, -0.05) is 0 Å². The number of rotatable bonds is 3. The van der Waals surface area contributed by atoms with Crippen LogP contribution < -0.4 is 29.8 Å². The third-order valence-corrected chi connectivity index (χ3v) is 6.45. The predicted octanol–water partition coefficient (Wildman–Crippen LogP) is 2.73. The van der Waals surface area contributed by atoms with Crippen molar-refractivity contribution in [2.75, 3.05) is 34.6 Å². The Hall–Kier alpha value is -3.46. The molecular weight excluding hydrogens is 430 g/mol. The predicted molar refractivity (Wildman–Crippen MR) is 124 cm³/mol. The second-order valence-electron chi connectivity index (χ2n) is 7.65. The molecule has 8 nitrogen and oxygen atoms in total. The molecule has 2 aliphatic heterocycles. The zero-order valence-electron chi connectivity index (χ0n) is 18.0. The van der Waals surface area contributed by atoms with Crippen molar-refractivity contribution in [3.05, 3.63) is 57.4 Å². The van der Waals surface area contributed by atoms with E-state index in [0.717, 1.165) is 22.9 Å². The summed E-state index contributed by atoms with van der Waals surface area (Å²) < 4.78 is 22.0. The van der Waals surface area contributed by atoms with E-state index in [2.05, 4.69) is 10.3 Å². The summed E-state index contributed by atoms with van der Waals surface area (Å²) in [5.74, 6) is 2.55. The van der Waals surface area contributed by atoms with Crippen LogP contribution in [-0.2, 0) is 6.42 Å². The van der Waals surface area contributed by atoms with E-state index < -0.39 is 6.04 Å². The number of thiocarbonyl (C=S) groups is 1. The van der Waals surface area contributed by atoms with E-state index in [1.807, 2.05) is 29.2 Å². The van der Waals surface area contributed by atoms with Crippen molar-refractivity contribution < 1.29 is 18.9 Å². The van der Waals surface area contributed by atoms with Crippen LogP contribution in [0.5, 0.6) is 23.0 Å². The molecule has 2 aromatic carbocycles. The molecular formula is C23H23N3O5S. The Balaban J connectivity index is 1.73. The molecule has 1 atom stereocenters. The van der Waals surface area contributed by atoms with Crippen molar-refractivity contribution in [2.24, 2.45) is 0 Å². The van der Waals surface area contributed by atoms with Gasteiger partial charge >= 0.3 is 0 Å². The molecule has 3 heterocycles. The lowest BCUT2D eigenvalue weighted by atomic mass is 9.88. The van der Waals surface area contributed by atoms with E-state index in [1.54, 1.807) is 27.3 Å². The maximum absolute atomic E-state index is 13.3. The average molecular weight is 454 g/mol. The summed E-state index contributed by atoms with van der Waals surface area (Å²) in [5.41, 5.74) is 3.13. The second-order valence-corrected chi connectivity index (χ2v) is 8.04. The summed E-state index contributed by atoms with van der Waals surface area (Å²) in [6.45, 7) is 0.829. The van der Waals surface area contributed by atoms with Gasteiger partial charge in [-0.3, -0.25) is 4.79 Å². The number of hydrogen-bond donors (Lipinski definition) is 2. The molecule has 5 rings (SSSR count). The standard InChI is InChI=1S/C23H23N3O5S/c1-24-23(32)26-5-4-12-7-17(28-2)18(29-3)9-14(12)21(26)15-6-13-8-19-20(31-11-30-19)10-16(13)25-22(15)27/h6-10,21H,4-5,11H2,1-3H3,(H,24,32)(H,25,27)/t21-/m1/s1. The van der Waals surface area contributed by atoms with Gasteiger partial charge in [0.15, 0.2) is 28.1 Å². The summed E-state index contributed by atoms with van der Waals surface area (Å²) in [4.78, 5) is 18.3. The molecule has 9 heteroatoms. The van der Waals surface area contributed by atoms with Gasteiger partial charge in [0.05, 0.1) is 25.8 Å². The maximum Gasteiger partial charge on any atom is 0.254 e. The van der Waals surface area contributed by atoms with Crippen LogP contribution in [-0.4, -0.2) is 49.6 Å². The number of methoxy groups -OCH3 is 2. The normalized spacial score (nSPS) is 16.6. The molecule has 166 valence electrons. The number of nitrogens with zero attached hydrogens (tertiary/aromatic N) is 1. The fourth-order valence-corrected chi connectivity index (χ4v) is 4.66. The van der Waals surface area contributed by atoms with Gasteiger partial charge in [-0.05, 0) is 54.0 Å². The lowest BCUT2D eigenvalue weighted by Gasteiger charge is -2.39. The molecule has 0 radical (unpaired) electrons. The van der Waals surface area contributed by atoms with Crippen LogP contribution in [0.15, 0.2) is 35.1 Å². The highest BCUT2D eigenvalue weighted by Crippen LogP contribution is 2.41. The molecule has 1 aromatic heterocycles. The number of aromatic nitrogens is 1. The van der Waals surface area contributed by atoms with Crippen LogP contribution >= 0.6 is 12.2 Å². The third kappa shape index (κ3) is 3.20. The highest BCUT2D eigenvalue weighted by atomic mass is 32.1. The molecule has 0 fully saturated rings. The molecule has 0 saturated carbocycles. The number of pyridine rings is 1. The van der Waals surface area contributed by atoms with E-state index in [4.69, 9.17) is 31.2 Å². The molecule has 0 bridgehead atoms. The van der Waals surface area contributed by atoms with Crippen molar-refractivity contribution in [3.63, 3.8) is 0 Å². The van der Waals surface area contributed by atoms with Crippen LogP contribution in [0.1, 0.15) is 22.7 Å². The lowest BCUT2D eigenvalue weighted by Crippen LogP contribution is -2.46. The Morgan fingerprint density at radius 1 is 1.09 bits per heavy atom. The SMILES string of the molecule is CNC(=S)N1CCc2cc(OC)c(OC)cc2[C@@H]1c1cc2cc3c(cc2[nH]c1=O)OCO3. The first-order valence-corrected chi connectivity index (χ1v) is 10.6. The first-order valence-electron chi connectivity index (χ1n) is 10.2. The first kappa shape index (κ1) is 20.4. The lowest BCUT2D eigenvalue weighted by molar-refractivity contribution is 0.174. The van der Waals surface area contributed by atoms with E-state index >= 15 is 0 Å². The largest absolute Gasteiger partial charge is 0.493 e. The van der Waals surface area contributed by atoms with Gasteiger partial charge in [-0.15, -0.1) is 0 Å². The Labute approximate surface area is 190 Å². The van der Waals surface area contributed by atoms with Crippen LogP contribution in [0, 0.1) is 0 Å². The van der Waals surface area contributed by atoms with Crippen LogP contribution in [0.3, 0.4) is 0 Å². The Morgan fingerprint density at radius 2 is 1.81 bits per heavy atom. The summed E-state index contributed by atoms with van der Waals surface area (Å²) in [6.07, 6.45) is 0.762. The van der Waals surface area contributed by atoms with E-state index in [9.17, 15) is 4.79 Å². The molecule has 3 aromatic rings. The van der Waals surface area contributed by atoms with Crippen LogP contribution in [0.2, 0.25) is 0 Å². The van der Waals surface area contributed by atoms with Gasteiger partial charge in [0.2, 0.25) is 6.79 Å². The molecule has 0 unspecified atom stereocenters. The monoisotopic (exact) mass is 453 g/mol. The molecule has 32 heavy (non-hydrogen) atoms. The molecule has 0 saturated heterocycles. The molecule has 0 amide bonds. The van der Waals surface area contributed by atoms with E-state index in [0.29, 0.717) is 45.7 Å². The number of nitrogens with one attached hydrogen (secondary N) is 2. The number of ether oxygens (including phenoxy) is 4. The quantitative estimate of drug-likeness (QED) is 0.586. The zero-order chi connectivity index (χ0) is 22.4. The fourth-order valence-electron chi connectivity index (χ4n) is 4.46. The van der Waals surface area contributed by atoms with Gasteiger partial charge < -0.3 is 34.1 Å². The van der Waals surface area contributed by atoms with Crippen molar-refractivity contribution >= 4 is 28.2 Å². The highest BCUT2D eigenvalue weighted by molar-refractivity contribution is 7.80. The van der Waals surface area contributed by atoms with Crippen LogP contribution in [0.25, 0.3) is 10.9 Å². The van der Waals surface area contributed by atoms with Gasteiger partial charge in [0, 0.05) is 30.6 Å². The number of benzene rings is 2. The highest BCUT2D eigenvalue weighted by Gasteiger charge is 2.33. The Bertz CT molecular complexity index is 1290. The summed E-state index contributed by atoms with van der Waals surface area (Å²) in [6, 6.07) is 9.10. The minimum atomic E-state index is -0.392. The number of aromatic amines is 1. The topological polar surface area (TPSA) is 85.1 Å². The Morgan fingerprint density at radius 3 is 2.53 bits per heavy atom. The minimum Gasteiger partial charge on any atom is -0.493 e. The van der Waals surface area contributed by atoms with Gasteiger partial charge in [-0.2, -0.15) is 0 Å². The molecule has 2 N–H and O–H groups in total. The summed E-state index contributed by atoms with van der Waals surface area (Å²) in [5, 5.41) is 4.48. The van der Waals surface area contributed by atoms with Crippen LogP contribution in [0.4, 0.5) is 0 Å². The molecule has 2 aliphatic rings. The van der Waals surface area contributed by atoms with Crippen molar-refractivity contribution in [2.45, 2.75) is 12.5 Å². The van der Waals surface area contributed by atoms with Gasteiger partial charge in [-0.25, -0.2) is 0 Å². The Kier molecular flexibility index (Phi) is 5.05. The first-order chi connectivity index (χ1) is 15.5. The van der Waals surface area contributed by atoms with Crippen molar-refractivity contribution in [1.29, 1.82) is 0 Å². The number of H-pyrrole nitrogens is 1. The maximum atomic E-state index is 13.3. The summed E-state index contributed by atoms with van der Waals surface area (Å²) in [7, 11) is 5.00. The third-order valence-electron chi connectivity index (χ3n) is 6.01. The molecule has 0 spiro atoms. The smallest absolute Gasteiger partial charge is 0.254 e. The fraction of sp³-hybridized carbons (Fsp3) is 0.304. The van der Waals surface area contributed by atoms with Crippen molar-refractivity contribution in [1.82, 2.24) is 15.2 Å². The number of fused-ring (bicyclic) bond motifs is 3. The van der Waals surface area contributed by atoms with Crippen molar-refractivity contribution in [3.8, 4) is 23.0 Å².